The normalized spacial score (nSPS) is 10.9. The number of carbonyl (C=O) groups is 1. The largest absolute Gasteiger partial charge is 0.326 e. The number of nitrogens with two attached hydrogens (primary N) is 1. The molecule has 0 aliphatic heterocycles. The van der Waals surface area contributed by atoms with Gasteiger partial charge in [0.05, 0.1) is 0 Å². The molecule has 39 heavy (non-hydrogen) atoms. The van der Waals surface area contributed by atoms with Crippen molar-refractivity contribution in [2.45, 2.75) is 72.0 Å². The smallest absolute Gasteiger partial charge is 0.150 e. The van der Waals surface area contributed by atoms with E-state index in [0.717, 1.165) is 30.5 Å². The first-order valence-corrected chi connectivity index (χ1v) is 13.4. The summed E-state index contributed by atoms with van der Waals surface area (Å²) in [6.07, 6.45) is 8.04. The Labute approximate surface area is 234 Å². The van der Waals surface area contributed by atoms with E-state index in [4.69, 9.17) is 5.73 Å². The van der Waals surface area contributed by atoms with Gasteiger partial charge in [-0.2, -0.15) is 0 Å². The summed E-state index contributed by atoms with van der Waals surface area (Å²) in [5, 5.41) is 3.44. The van der Waals surface area contributed by atoms with Crippen molar-refractivity contribution < 1.29 is 4.79 Å². The SMILES string of the molecule is CC(C)(C)c1ccc(C=O)cc1.CC(C)(C)c1ccc(CNCc2cccnc2)cc1.NCc1ccncc1. The van der Waals surface area contributed by atoms with Crippen molar-refractivity contribution in [2.75, 3.05) is 0 Å². The van der Waals surface area contributed by atoms with Crippen LogP contribution in [0.15, 0.2) is 97.6 Å². The predicted octanol–water partition coefficient (Wildman–Crippen LogP) is 7.01. The number of hydrogen-bond acceptors (Lipinski definition) is 5. The predicted molar refractivity (Wildman–Crippen MR) is 163 cm³/mol. The van der Waals surface area contributed by atoms with Gasteiger partial charge in [-0.05, 0) is 56.8 Å². The van der Waals surface area contributed by atoms with E-state index in [1.807, 2.05) is 48.7 Å². The van der Waals surface area contributed by atoms with E-state index < -0.39 is 0 Å². The maximum Gasteiger partial charge on any atom is 0.150 e. The monoisotopic (exact) mass is 524 g/mol. The fourth-order valence-electron chi connectivity index (χ4n) is 3.56. The third-order valence-electron chi connectivity index (χ3n) is 6.10. The number of benzene rings is 2. The van der Waals surface area contributed by atoms with Crippen LogP contribution in [-0.2, 0) is 30.5 Å². The summed E-state index contributed by atoms with van der Waals surface area (Å²) < 4.78 is 0. The highest BCUT2D eigenvalue weighted by atomic mass is 16.1. The first-order chi connectivity index (χ1) is 18.5. The lowest BCUT2D eigenvalue weighted by molar-refractivity contribution is 0.112. The molecular formula is C34H44N4O. The molecule has 0 aliphatic rings. The fourth-order valence-corrected chi connectivity index (χ4v) is 3.56. The Balaban J connectivity index is 0.000000227. The molecule has 0 unspecified atom stereocenters. The molecule has 0 saturated carbocycles. The molecule has 206 valence electrons. The molecule has 0 radical (unpaired) electrons. The lowest BCUT2D eigenvalue weighted by atomic mass is 9.87. The van der Waals surface area contributed by atoms with Crippen molar-refractivity contribution in [3.8, 4) is 0 Å². The van der Waals surface area contributed by atoms with Crippen molar-refractivity contribution in [3.63, 3.8) is 0 Å². The molecule has 0 aliphatic carbocycles. The van der Waals surface area contributed by atoms with E-state index >= 15 is 0 Å². The quantitative estimate of drug-likeness (QED) is 0.265. The average Bonchev–Trinajstić information content (AvgIpc) is 2.94. The number of nitrogens with one attached hydrogen (secondary N) is 1. The van der Waals surface area contributed by atoms with Crippen LogP contribution in [-0.4, -0.2) is 16.3 Å². The molecule has 2 heterocycles. The molecule has 0 saturated heterocycles. The van der Waals surface area contributed by atoms with Gasteiger partial charge in [0.25, 0.3) is 0 Å². The minimum absolute atomic E-state index is 0.168. The molecule has 3 N–H and O–H groups in total. The van der Waals surface area contributed by atoms with Crippen molar-refractivity contribution >= 4 is 6.29 Å². The molecule has 4 aromatic rings. The minimum Gasteiger partial charge on any atom is -0.326 e. The van der Waals surface area contributed by atoms with E-state index in [1.54, 1.807) is 18.6 Å². The molecule has 5 nitrogen and oxygen atoms in total. The van der Waals surface area contributed by atoms with E-state index in [-0.39, 0.29) is 10.8 Å². The number of aromatic nitrogens is 2. The lowest BCUT2D eigenvalue weighted by Crippen LogP contribution is -2.14. The van der Waals surface area contributed by atoms with Crippen LogP contribution < -0.4 is 11.1 Å². The zero-order chi connectivity index (χ0) is 28.7. The average molecular weight is 525 g/mol. The highest BCUT2D eigenvalue weighted by Crippen LogP contribution is 2.22. The molecule has 0 amide bonds. The Morgan fingerprint density at radius 3 is 1.64 bits per heavy atom. The van der Waals surface area contributed by atoms with Crippen LogP contribution >= 0.6 is 0 Å². The van der Waals surface area contributed by atoms with Gasteiger partial charge < -0.3 is 11.1 Å². The molecule has 5 heteroatoms. The number of carbonyl (C=O) groups excluding carboxylic acids is 1. The third kappa shape index (κ3) is 12.2. The Kier molecular flexibility index (Phi) is 12.7. The second kappa shape index (κ2) is 15.7. The van der Waals surface area contributed by atoms with Crippen molar-refractivity contribution in [1.82, 2.24) is 15.3 Å². The zero-order valence-electron chi connectivity index (χ0n) is 24.3. The van der Waals surface area contributed by atoms with Crippen LogP contribution in [0, 0.1) is 0 Å². The van der Waals surface area contributed by atoms with Gasteiger partial charge in [0.15, 0.2) is 0 Å². The summed E-state index contributed by atoms with van der Waals surface area (Å²) in [6, 6.07) is 24.4. The van der Waals surface area contributed by atoms with Crippen LogP contribution in [0.5, 0.6) is 0 Å². The molecule has 0 spiro atoms. The number of hydrogen-bond donors (Lipinski definition) is 2. The Hall–Kier alpha value is -3.67. The molecule has 2 aromatic heterocycles. The molecular weight excluding hydrogens is 480 g/mol. The van der Waals surface area contributed by atoms with Crippen molar-refractivity contribution in [1.29, 1.82) is 0 Å². The van der Waals surface area contributed by atoms with Gasteiger partial charge in [0, 0.05) is 50.0 Å². The Morgan fingerprint density at radius 1 is 0.667 bits per heavy atom. The van der Waals surface area contributed by atoms with E-state index in [0.29, 0.717) is 6.54 Å². The summed E-state index contributed by atoms with van der Waals surface area (Å²) in [6.45, 7) is 15.5. The highest BCUT2D eigenvalue weighted by molar-refractivity contribution is 5.74. The van der Waals surface area contributed by atoms with Gasteiger partial charge >= 0.3 is 0 Å². The summed E-state index contributed by atoms with van der Waals surface area (Å²) in [5.41, 5.74) is 12.7. The number of nitrogens with zero attached hydrogens (tertiary/aromatic N) is 2. The highest BCUT2D eigenvalue weighted by Gasteiger charge is 2.13. The molecule has 0 atom stereocenters. The first-order valence-electron chi connectivity index (χ1n) is 13.4. The maximum absolute atomic E-state index is 10.4. The number of aldehydes is 1. The van der Waals surface area contributed by atoms with Crippen molar-refractivity contribution in [3.05, 3.63) is 131 Å². The van der Waals surface area contributed by atoms with Gasteiger partial charge in [0.1, 0.15) is 6.29 Å². The molecule has 2 aromatic carbocycles. The number of pyridine rings is 2. The Morgan fingerprint density at radius 2 is 1.21 bits per heavy atom. The zero-order valence-corrected chi connectivity index (χ0v) is 24.3. The minimum atomic E-state index is 0.168. The second-order valence-corrected chi connectivity index (χ2v) is 11.5. The second-order valence-electron chi connectivity index (χ2n) is 11.5. The van der Waals surface area contributed by atoms with Crippen molar-refractivity contribution in [2.24, 2.45) is 5.73 Å². The molecule has 4 rings (SSSR count). The maximum atomic E-state index is 10.4. The lowest BCUT2D eigenvalue weighted by Gasteiger charge is -2.19. The fraction of sp³-hybridized carbons (Fsp3) is 0.324. The van der Waals surface area contributed by atoms with Crippen LogP contribution in [0.2, 0.25) is 0 Å². The van der Waals surface area contributed by atoms with Gasteiger partial charge in [-0.25, -0.2) is 0 Å². The number of rotatable bonds is 6. The first kappa shape index (κ1) is 31.5. The van der Waals surface area contributed by atoms with Crippen LogP contribution in [0.25, 0.3) is 0 Å². The van der Waals surface area contributed by atoms with Gasteiger partial charge in [-0.3, -0.25) is 14.8 Å². The van der Waals surface area contributed by atoms with Gasteiger partial charge in [0.2, 0.25) is 0 Å². The molecule has 0 fully saturated rings. The summed E-state index contributed by atoms with van der Waals surface area (Å²) in [4.78, 5) is 18.3. The summed E-state index contributed by atoms with van der Waals surface area (Å²) in [5.74, 6) is 0. The topological polar surface area (TPSA) is 80.9 Å². The summed E-state index contributed by atoms with van der Waals surface area (Å²) in [7, 11) is 0. The van der Waals surface area contributed by atoms with Crippen LogP contribution in [0.4, 0.5) is 0 Å². The summed E-state index contributed by atoms with van der Waals surface area (Å²) >= 11 is 0. The van der Waals surface area contributed by atoms with Gasteiger partial charge in [-0.15, -0.1) is 0 Å². The van der Waals surface area contributed by atoms with E-state index in [2.05, 4.69) is 87.2 Å². The van der Waals surface area contributed by atoms with E-state index in [1.165, 1.54) is 22.3 Å². The van der Waals surface area contributed by atoms with Gasteiger partial charge in [-0.1, -0.05) is 96.1 Å². The molecule has 0 bridgehead atoms. The van der Waals surface area contributed by atoms with Crippen LogP contribution in [0.1, 0.15) is 79.7 Å². The van der Waals surface area contributed by atoms with Crippen LogP contribution in [0.3, 0.4) is 0 Å². The third-order valence-corrected chi connectivity index (χ3v) is 6.10. The Bertz CT molecular complexity index is 1210. The van der Waals surface area contributed by atoms with E-state index in [9.17, 15) is 4.79 Å². The standard InChI is InChI=1S/C17H22N2.C11H14O.C6H8N2/c1-17(2,3)16-8-6-14(7-9-16)11-19-13-15-5-4-10-18-12-15;1-11(2,3)10-6-4-9(8-12)5-7-10;7-5-6-1-3-8-4-2-6/h4-10,12,19H,11,13H2,1-3H3;4-8H,1-3H3;1-4H,5,7H2.